The topological polar surface area (TPSA) is 120 Å². The molecule has 0 aromatic carbocycles. The minimum absolute atomic E-state index is 0.0368. The Hall–Kier alpha value is -2.40. The number of furan rings is 1. The average Bonchev–Trinajstić information content (AvgIpc) is 3.45. The van der Waals surface area contributed by atoms with Crippen molar-refractivity contribution in [3.63, 3.8) is 0 Å². The first-order chi connectivity index (χ1) is 15.3. The number of hydrogen-bond acceptors (Lipinski definition) is 7. The fourth-order valence-electron chi connectivity index (χ4n) is 4.75. The highest BCUT2D eigenvalue weighted by molar-refractivity contribution is 7.91. The van der Waals surface area contributed by atoms with Gasteiger partial charge in [0, 0.05) is 39.3 Å². The van der Waals surface area contributed by atoms with E-state index in [0.717, 1.165) is 19.3 Å². The fraction of sp³-hybridized carbons (Fsp3) is 0.667. The van der Waals surface area contributed by atoms with Gasteiger partial charge in [-0.1, -0.05) is 0 Å². The van der Waals surface area contributed by atoms with Gasteiger partial charge in [-0.15, -0.1) is 0 Å². The van der Waals surface area contributed by atoms with Gasteiger partial charge in [-0.05, 0) is 36.8 Å². The van der Waals surface area contributed by atoms with Gasteiger partial charge in [-0.2, -0.15) is 0 Å². The summed E-state index contributed by atoms with van der Waals surface area (Å²) in [6.07, 6.45) is 3.99. The molecule has 1 N–H and O–H groups in total. The molecule has 0 bridgehead atoms. The second kappa shape index (κ2) is 9.22. The van der Waals surface area contributed by atoms with Crippen LogP contribution in [0, 0.1) is 5.41 Å². The molecular formula is C21H30N4O6S. The lowest BCUT2D eigenvalue weighted by atomic mass is 9.78. The Balaban J connectivity index is 1.20. The van der Waals surface area contributed by atoms with Gasteiger partial charge >= 0.3 is 0 Å². The Morgan fingerprint density at radius 1 is 0.969 bits per heavy atom. The monoisotopic (exact) mass is 466 g/mol. The van der Waals surface area contributed by atoms with Gasteiger partial charge in [-0.25, -0.2) is 8.42 Å². The van der Waals surface area contributed by atoms with Crippen molar-refractivity contribution in [3.05, 3.63) is 24.2 Å². The molecule has 10 nitrogen and oxygen atoms in total. The maximum Gasteiger partial charge on any atom is 0.287 e. The van der Waals surface area contributed by atoms with Crippen molar-refractivity contribution >= 4 is 27.6 Å². The normalized spacial score (nSPS) is 22.8. The summed E-state index contributed by atoms with van der Waals surface area (Å²) in [7, 11) is -2.95. The summed E-state index contributed by atoms with van der Waals surface area (Å²) < 4.78 is 28.2. The third kappa shape index (κ3) is 5.32. The van der Waals surface area contributed by atoms with E-state index in [1.54, 1.807) is 17.0 Å². The van der Waals surface area contributed by atoms with Crippen LogP contribution in [0.4, 0.5) is 0 Å². The van der Waals surface area contributed by atoms with Crippen LogP contribution in [0.5, 0.6) is 0 Å². The molecule has 0 radical (unpaired) electrons. The van der Waals surface area contributed by atoms with Crippen LogP contribution in [-0.2, 0) is 19.4 Å². The van der Waals surface area contributed by atoms with Crippen LogP contribution >= 0.6 is 0 Å². The maximum absolute atomic E-state index is 12.7. The third-order valence-electron chi connectivity index (χ3n) is 6.91. The van der Waals surface area contributed by atoms with Crippen molar-refractivity contribution in [2.45, 2.75) is 19.3 Å². The SMILES string of the molecule is O=C(NCC(=O)N1CCC2(CC1)CCN(C(=O)CN1CCS(=O)(=O)CC1)C2)c1ccco1. The van der Waals surface area contributed by atoms with Crippen molar-refractivity contribution in [1.82, 2.24) is 20.0 Å². The van der Waals surface area contributed by atoms with Crippen LogP contribution in [0.25, 0.3) is 0 Å². The first-order valence-corrected chi connectivity index (χ1v) is 12.9. The van der Waals surface area contributed by atoms with Crippen LogP contribution in [-0.4, -0.2) is 105 Å². The number of carbonyl (C=O) groups is 3. The van der Waals surface area contributed by atoms with Gasteiger partial charge in [0.2, 0.25) is 11.8 Å². The zero-order chi connectivity index (χ0) is 22.8. The summed E-state index contributed by atoms with van der Waals surface area (Å²) in [6.45, 7) is 3.66. The van der Waals surface area contributed by atoms with E-state index in [-0.39, 0.29) is 47.6 Å². The molecule has 4 heterocycles. The van der Waals surface area contributed by atoms with Crippen LogP contribution in [0.1, 0.15) is 29.8 Å². The van der Waals surface area contributed by atoms with Gasteiger partial charge in [0.25, 0.3) is 5.91 Å². The molecule has 3 saturated heterocycles. The highest BCUT2D eigenvalue weighted by atomic mass is 32.2. The molecule has 0 atom stereocenters. The number of nitrogens with zero attached hydrogens (tertiary/aromatic N) is 3. The molecule has 1 aromatic heterocycles. The predicted octanol–water partition coefficient (Wildman–Crippen LogP) is -0.419. The molecule has 32 heavy (non-hydrogen) atoms. The van der Waals surface area contributed by atoms with Crippen molar-refractivity contribution in [1.29, 1.82) is 0 Å². The van der Waals surface area contributed by atoms with Gasteiger partial charge in [-0.3, -0.25) is 19.3 Å². The molecule has 1 aromatic rings. The zero-order valence-corrected chi connectivity index (χ0v) is 18.9. The molecule has 0 unspecified atom stereocenters. The van der Waals surface area contributed by atoms with Gasteiger partial charge < -0.3 is 19.5 Å². The third-order valence-corrected chi connectivity index (χ3v) is 8.52. The van der Waals surface area contributed by atoms with Crippen molar-refractivity contribution in [2.75, 3.05) is 63.9 Å². The molecule has 3 amide bonds. The molecule has 0 aliphatic carbocycles. The number of amides is 3. The van der Waals surface area contributed by atoms with Gasteiger partial charge in [0.15, 0.2) is 15.6 Å². The molecule has 3 aliphatic rings. The van der Waals surface area contributed by atoms with Crippen LogP contribution < -0.4 is 5.32 Å². The molecule has 4 rings (SSSR count). The van der Waals surface area contributed by atoms with E-state index in [0.29, 0.717) is 39.3 Å². The van der Waals surface area contributed by atoms with Crippen molar-refractivity contribution in [2.24, 2.45) is 5.41 Å². The molecule has 11 heteroatoms. The number of nitrogens with one attached hydrogen (secondary N) is 1. The Labute approximate surface area is 187 Å². The number of likely N-dealkylation sites (tertiary alicyclic amines) is 2. The summed E-state index contributed by atoms with van der Waals surface area (Å²) in [5.74, 6) is -0.0528. The smallest absolute Gasteiger partial charge is 0.287 e. The highest BCUT2D eigenvalue weighted by Crippen LogP contribution is 2.40. The number of rotatable bonds is 5. The van der Waals surface area contributed by atoms with Crippen LogP contribution in [0.3, 0.4) is 0 Å². The lowest BCUT2D eigenvalue weighted by Crippen LogP contribution is -2.49. The van der Waals surface area contributed by atoms with E-state index < -0.39 is 15.7 Å². The summed E-state index contributed by atoms with van der Waals surface area (Å²) in [5, 5.41) is 2.59. The molecule has 0 saturated carbocycles. The molecule has 1 spiro atoms. The predicted molar refractivity (Wildman–Crippen MR) is 116 cm³/mol. The van der Waals surface area contributed by atoms with Crippen LogP contribution in [0.2, 0.25) is 0 Å². The molecular weight excluding hydrogens is 436 g/mol. The number of carbonyl (C=O) groups excluding carboxylic acids is 3. The maximum atomic E-state index is 12.7. The van der Waals surface area contributed by atoms with Crippen molar-refractivity contribution in [3.8, 4) is 0 Å². The Morgan fingerprint density at radius 3 is 2.25 bits per heavy atom. The number of sulfone groups is 1. The first kappa shape index (κ1) is 22.8. The van der Waals surface area contributed by atoms with E-state index in [2.05, 4.69) is 5.32 Å². The highest BCUT2D eigenvalue weighted by Gasteiger charge is 2.43. The summed E-state index contributed by atoms with van der Waals surface area (Å²) >= 11 is 0. The van der Waals surface area contributed by atoms with E-state index in [1.807, 2.05) is 9.80 Å². The first-order valence-electron chi connectivity index (χ1n) is 11.1. The standard InChI is InChI=1S/C21H30N4O6S/c26-18(14-22-20(28)17-2-1-11-31-17)24-6-3-21(4-7-24)5-8-25(16-21)19(27)15-23-9-12-32(29,30)13-10-23/h1-2,11H,3-10,12-16H2,(H,22,28). The fourth-order valence-corrected chi connectivity index (χ4v) is 6.03. The van der Waals surface area contributed by atoms with E-state index in [9.17, 15) is 22.8 Å². The Bertz CT molecular complexity index is 939. The van der Waals surface area contributed by atoms with Gasteiger partial charge in [0.05, 0.1) is 30.9 Å². The van der Waals surface area contributed by atoms with Crippen molar-refractivity contribution < 1.29 is 27.2 Å². The molecule has 176 valence electrons. The number of piperidine rings is 1. The second-order valence-electron chi connectivity index (χ2n) is 9.03. The Kier molecular flexibility index (Phi) is 6.57. The summed E-state index contributed by atoms with van der Waals surface area (Å²) in [6, 6.07) is 3.16. The van der Waals surface area contributed by atoms with E-state index >= 15 is 0 Å². The van der Waals surface area contributed by atoms with E-state index in [1.165, 1.54) is 6.26 Å². The van der Waals surface area contributed by atoms with Crippen LogP contribution in [0.15, 0.2) is 22.8 Å². The second-order valence-corrected chi connectivity index (χ2v) is 11.3. The number of hydrogen-bond donors (Lipinski definition) is 1. The largest absolute Gasteiger partial charge is 0.459 e. The minimum Gasteiger partial charge on any atom is -0.459 e. The summed E-state index contributed by atoms with van der Waals surface area (Å²) in [5.41, 5.74) is 0.0368. The zero-order valence-electron chi connectivity index (χ0n) is 18.1. The Morgan fingerprint density at radius 2 is 1.62 bits per heavy atom. The quantitative estimate of drug-likeness (QED) is 0.626. The minimum atomic E-state index is -2.95. The van der Waals surface area contributed by atoms with Gasteiger partial charge in [0.1, 0.15) is 0 Å². The molecule has 3 aliphatic heterocycles. The van der Waals surface area contributed by atoms with E-state index in [4.69, 9.17) is 4.42 Å². The lowest BCUT2D eigenvalue weighted by molar-refractivity contribution is -0.134. The lowest BCUT2D eigenvalue weighted by Gasteiger charge is -2.39. The molecule has 3 fully saturated rings. The average molecular weight is 467 g/mol. The summed E-state index contributed by atoms with van der Waals surface area (Å²) in [4.78, 5) is 42.7.